The molecule has 0 aliphatic rings. The van der Waals surface area contributed by atoms with Gasteiger partial charge in [-0.25, -0.2) is 0 Å². The summed E-state index contributed by atoms with van der Waals surface area (Å²) in [6.45, 7) is 11.5. The van der Waals surface area contributed by atoms with Gasteiger partial charge in [0.05, 0.1) is 0 Å². The second-order valence-corrected chi connectivity index (χ2v) is 10.4. The summed E-state index contributed by atoms with van der Waals surface area (Å²) in [7, 11) is 0. The molecular weight excluding hydrogens is 380 g/mol. The summed E-state index contributed by atoms with van der Waals surface area (Å²) in [5.41, 5.74) is 15.2. The van der Waals surface area contributed by atoms with E-state index in [9.17, 15) is 0 Å². The van der Waals surface area contributed by atoms with Crippen molar-refractivity contribution in [1.82, 2.24) is 0 Å². The Hall–Kier alpha value is -3.20. The van der Waals surface area contributed by atoms with Gasteiger partial charge in [0.25, 0.3) is 0 Å². The van der Waals surface area contributed by atoms with Crippen LogP contribution in [0.25, 0.3) is 21.5 Å². The first-order valence-corrected chi connectivity index (χ1v) is 10.8. The number of hydrogen-bond acceptors (Lipinski definition) is 3. The summed E-state index contributed by atoms with van der Waals surface area (Å²) in [4.78, 5) is 0. The highest BCUT2D eigenvalue weighted by atomic mass is 16.5. The maximum Gasteiger partial charge on any atom is 0.143 e. The number of benzene rings is 4. The molecule has 4 aromatic carbocycles. The molecule has 0 aliphatic heterocycles. The predicted octanol–water partition coefficient (Wildman–Crippen LogP) is 7.66. The first-order valence-electron chi connectivity index (χ1n) is 10.8. The van der Waals surface area contributed by atoms with E-state index < -0.39 is 0 Å². The fraction of sp³-hybridized carbons (Fsp3) is 0.286. The Kier molecular flexibility index (Phi) is 5.09. The Morgan fingerprint density at radius 3 is 1.68 bits per heavy atom. The van der Waals surface area contributed by atoms with Gasteiger partial charge in [0.15, 0.2) is 0 Å². The molecule has 0 bridgehead atoms. The monoisotopic (exact) mass is 412 g/mol. The van der Waals surface area contributed by atoms with Crippen molar-refractivity contribution in [1.29, 1.82) is 0 Å². The third kappa shape index (κ3) is 4.46. The van der Waals surface area contributed by atoms with Crippen LogP contribution < -0.4 is 16.2 Å². The molecule has 0 fully saturated rings. The largest absolute Gasteiger partial charge is 0.456 e. The predicted molar refractivity (Wildman–Crippen MR) is 134 cm³/mol. The Labute approximate surface area is 185 Å². The van der Waals surface area contributed by atoms with Crippen molar-refractivity contribution < 1.29 is 4.74 Å². The molecule has 0 aliphatic carbocycles. The highest BCUT2D eigenvalue weighted by Crippen LogP contribution is 2.40. The highest BCUT2D eigenvalue weighted by molar-refractivity contribution is 6.07. The minimum atomic E-state index is 0.0952. The van der Waals surface area contributed by atoms with E-state index in [-0.39, 0.29) is 10.8 Å². The van der Waals surface area contributed by atoms with Gasteiger partial charge in [-0.15, -0.1) is 0 Å². The molecule has 0 unspecified atom stereocenters. The summed E-state index contributed by atoms with van der Waals surface area (Å²) in [5, 5.41) is 4.14. The molecule has 4 N–H and O–H groups in total. The number of hydrogen-bond donors (Lipinski definition) is 2. The van der Waals surface area contributed by atoms with Gasteiger partial charge >= 0.3 is 0 Å². The van der Waals surface area contributed by atoms with Crippen molar-refractivity contribution in [2.45, 2.75) is 46.5 Å². The number of fused-ring (bicyclic) bond motifs is 2. The van der Waals surface area contributed by atoms with Crippen LogP contribution in [0.4, 0.5) is 11.4 Å². The average molecular weight is 413 g/mol. The van der Waals surface area contributed by atoms with Crippen LogP contribution >= 0.6 is 0 Å². The van der Waals surface area contributed by atoms with E-state index in [0.29, 0.717) is 0 Å². The first-order chi connectivity index (χ1) is 14.5. The Bertz CT molecular complexity index is 1190. The number of nitrogens with two attached hydrogens (primary N) is 2. The lowest BCUT2D eigenvalue weighted by atomic mass is 9.72. The molecular formula is C28H32N2O. The van der Waals surface area contributed by atoms with Crippen molar-refractivity contribution in [3.8, 4) is 11.5 Å². The molecule has 0 aromatic heterocycles. The van der Waals surface area contributed by atoms with E-state index in [1.807, 2.05) is 36.4 Å². The van der Waals surface area contributed by atoms with E-state index in [0.717, 1.165) is 50.8 Å². The summed E-state index contributed by atoms with van der Waals surface area (Å²) in [5.74, 6) is 1.65. The Morgan fingerprint density at radius 2 is 1.19 bits per heavy atom. The minimum Gasteiger partial charge on any atom is -0.456 e. The SMILES string of the molecule is CC(C)(C)CC(C)(C)c1ccc(Oc2c3ccc(N)cc3cc3cc(N)ccc23)cc1. The van der Waals surface area contributed by atoms with Crippen LogP contribution in [-0.2, 0) is 5.41 Å². The number of nitrogen functional groups attached to an aromatic ring is 2. The van der Waals surface area contributed by atoms with Gasteiger partial charge in [-0.1, -0.05) is 46.8 Å². The van der Waals surface area contributed by atoms with Gasteiger partial charge in [0.1, 0.15) is 11.5 Å². The van der Waals surface area contributed by atoms with Crippen molar-refractivity contribution in [2.24, 2.45) is 5.41 Å². The van der Waals surface area contributed by atoms with Crippen LogP contribution in [0.2, 0.25) is 0 Å². The molecule has 0 heterocycles. The molecule has 3 heteroatoms. The lowest BCUT2D eigenvalue weighted by molar-refractivity contribution is 0.284. The molecule has 160 valence electrons. The lowest BCUT2D eigenvalue weighted by Gasteiger charge is -2.33. The quantitative estimate of drug-likeness (QED) is 0.267. The number of anilines is 2. The fourth-order valence-corrected chi connectivity index (χ4v) is 4.76. The number of rotatable bonds is 4. The molecule has 0 amide bonds. The normalized spacial score (nSPS) is 12.4. The molecule has 31 heavy (non-hydrogen) atoms. The van der Waals surface area contributed by atoms with Gasteiger partial charge < -0.3 is 16.2 Å². The molecule has 4 aromatic rings. The zero-order valence-corrected chi connectivity index (χ0v) is 19.1. The highest BCUT2D eigenvalue weighted by Gasteiger charge is 2.27. The summed E-state index contributed by atoms with van der Waals surface area (Å²) in [6.07, 6.45) is 1.11. The van der Waals surface area contributed by atoms with Crippen LogP contribution in [0.15, 0.2) is 66.7 Å². The van der Waals surface area contributed by atoms with Crippen LogP contribution in [-0.4, -0.2) is 0 Å². The lowest BCUT2D eigenvalue weighted by Crippen LogP contribution is -2.24. The van der Waals surface area contributed by atoms with Gasteiger partial charge in [-0.05, 0) is 88.2 Å². The molecule has 0 atom stereocenters. The summed E-state index contributed by atoms with van der Waals surface area (Å²) < 4.78 is 6.47. The van der Waals surface area contributed by atoms with Crippen molar-refractivity contribution in [2.75, 3.05) is 11.5 Å². The molecule has 0 spiro atoms. The van der Waals surface area contributed by atoms with Gasteiger partial charge in [0.2, 0.25) is 0 Å². The van der Waals surface area contributed by atoms with Crippen LogP contribution in [0.5, 0.6) is 11.5 Å². The van der Waals surface area contributed by atoms with E-state index in [2.05, 4.69) is 65.0 Å². The molecule has 0 saturated heterocycles. The standard InChI is InChI=1S/C28H32N2O/c1-27(2,3)17-28(4,5)20-6-10-23(11-7-20)31-26-24-12-8-21(29)15-18(24)14-19-16-22(30)9-13-25(19)26/h6-16H,17,29-30H2,1-5H3. The second kappa shape index (κ2) is 7.49. The Morgan fingerprint density at radius 1 is 0.677 bits per heavy atom. The van der Waals surface area contributed by atoms with E-state index in [1.165, 1.54) is 5.56 Å². The second-order valence-electron chi connectivity index (χ2n) is 10.4. The van der Waals surface area contributed by atoms with Crippen LogP contribution in [0.1, 0.15) is 46.6 Å². The third-order valence-electron chi connectivity index (χ3n) is 5.78. The van der Waals surface area contributed by atoms with Crippen molar-refractivity contribution in [3.63, 3.8) is 0 Å². The van der Waals surface area contributed by atoms with Gasteiger partial charge in [-0.2, -0.15) is 0 Å². The van der Waals surface area contributed by atoms with Gasteiger partial charge in [0, 0.05) is 22.1 Å². The molecule has 0 saturated carbocycles. The topological polar surface area (TPSA) is 61.3 Å². The Balaban J connectivity index is 1.76. The smallest absolute Gasteiger partial charge is 0.143 e. The maximum absolute atomic E-state index is 6.47. The van der Waals surface area contributed by atoms with Crippen LogP contribution in [0.3, 0.4) is 0 Å². The zero-order valence-electron chi connectivity index (χ0n) is 19.1. The van der Waals surface area contributed by atoms with Crippen LogP contribution in [0, 0.1) is 5.41 Å². The minimum absolute atomic E-state index is 0.0952. The van der Waals surface area contributed by atoms with E-state index in [1.54, 1.807) is 0 Å². The average Bonchev–Trinajstić information content (AvgIpc) is 2.66. The zero-order chi connectivity index (χ0) is 22.4. The van der Waals surface area contributed by atoms with Crippen molar-refractivity contribution >= 4 is 32.9 Å². The molecule has 3 nitrogen and oxygen atoms in total. The molecule has 4 rings (SSSR count). The summed E-state index contributed by atoms with van der Waals surface area (Å²) in [6, 6.07) is 22.4. The van der Waals surface area contributed by atoms with Gasteiger partial charge in [-0.3, -0.25) is 0 Å². The summed E-state index contributed by atoms with van der Waals surface area (Å²) >= 11 is 0. The van der Waals surface area contributed by atoms with E-state index in [4.69, 9.17) is 16.2 Å². The number of ether oxygens (including phenoxy) is 1. The first kappa shape index (κ1) is 21.0. The molecule has 0 radical (unpaired) electrons. The maximum atomic E-state index is 6.47. The third-order valence-corrected chi connectivity index (χ3v) is 5.78. The van der Waals surface area contributed by atoms with E-state index >= 15 is 0 Å². The fourth-order valence-electron chi connectivity index (χ4n) is 4.76. The van der Waals surface area contributed by atoms with Crippen molar-refractivity contribution in [3.05, 3.63) is 72.3 Å².